The van der Waals surface area contributed by atoms with Crippen molar-refractivity contribution < 1.29 is 9.90 Å². The zero-order chi connectivity index (χ0) is 9.84. The maximum absolute atomic E-state index is 11.5. The van der Waals surface area contributed by atoms with Crippen LogP contribution in [0.4, 0.5) is 4.79 Å². The molecule has 2 N–H and O–H groups in total. The van der Waals surface area contributed by atoms with Crippen LogP contribution in [0.25, 0.3) is 0 Å². The largest absolute Gasteiger partial charge is 0.394 e. The predicted octanol–water partition coefficient (Wildman–Crippen LogP) is 0.561. The third kappa shape index (κ3) is 2.59. The van der Waals surface area contributed by atoms with Crippen LogP contribution in [0.5, 0.6) is 0 Å². The number of rotatable bonds is 2. The first-order valence-corrected chi connectivity index (χ1v) is 4.83. The van der Waals surface area contributed by atoms with E-state index in [4.69, 9.17) is 5.11 Å². The van der Waals surface area contributed by atoms with E-state index in [0.717, 1.165) is 19.4 Å². The third-order valence-electron chi connectivity index (χ3n) is 2.46. The Balaban J connectivity index is 2.38. The lowest BCUT2D eigenvalue weighted by Gasteiger charge is -2.23. The van der Waals surface area contributed by atoms with Crippen LogP contribution in [-0.2, 0) is 0 Å². The summed E-state index contributed by atoms with van der Waals surface area (Å²) in [5, 5.41) is 11.5. The van der Waals surface area contributed by atoms with E-state index < -0.39 is 0 Å². The van der Waals surface area contributed by atoms with Gasteiger partial charge in [-0.25, -0.2) is 4.79 Å². The van der Waals surface area contributed by atoms with E-state index in [9.17, 15) is 4.79 Å². The number of nitrogens with one attached hydrogen (secondary N) is 1. The minimum absolute atomic E-state index is 0.00599. The maximum atomic E-state index is 11.5. The number of likely N-dealkylation sites (tertiary alicyclic amines) is 1. The lowest BCUT2D eigenvalue weighted by atomic mass is 10.2. The molecular formula is C9H18N2O2. The van der Waals surface area contributed by atoms with Crippen molar-refractivity contribution in [2.75, 3.05) is 13.2 Å². The third-order valence-corrected chi connectivity index (χ3v) is 2.46. The molecule has 0 aromatic rings. The molecule has 13 heavy (non-hydrogen) atoms. The van der Waals surface area contributed by atoms with Gasteiger partial charge in [0.1, 0.15) is 0 Å². The molecule has 0 aromatic heterocycles. The zero-order valence-corrected chi connectivity index (χ0v) is 8.29. The summed E-state index contributed by atoms with van der Waals surface area (Å²) in [7, 11) is 0. The fourth-order valence-corrected chi connectivity index (χ4v) is 1.57. The molecule has 1 heterocycles. The molecule has 4 nitrogen and oxygen atoms in total. The molecule has 4 heteroatoms. The van der Waals surface area contributed by atoms with E-state index >= 15 is 0 Å². The smallest absolute Gasteiger partial charge is 0.317 e. The van der Waals surface area contributed by atoms with Crippen LogP contribution in [0.2, 0.25) is 0 Å². The molecule has 1 aliphatic heterocycles. The van der Waals surface area contributed by atoms with Crippen molar-refractivity contribution in [3.8, 4) is 0 Å². The molecule has 0 bridgehead atoms. The summed E-state index contributed by atoms with van der Waals surface area (Å²) in [6.45, 7) is 4.67. The number of carbonyl (C=O) groups is 1. The van der Waals surface area contributed by atoms with Gasteiger partial charge >= 0.3 is 6.03 Å². The molecule has 1 saturated heterocycles. The zero-order valence-electron chi connectivity index (χ0n) is 8.29. The van der Waals surface area contributed by atoms with Crippen molar-refractivity contribution in [1.29, 1.82) is 0 Å². The average molecular weight is 186 g/mol. The normalized spacial score (nSPS) is 24.5. The van der Waals surface area contributed by atoms with Crippen molar-refractivity contribution in [2.45, 2.75) is 38.8 Å². The van der Waals surface area contributed by atoms with Gasteiger partial charge < -0.3 is 15.3 Å². The standard InChI is InChI=1S/C9H18N2O2/c1-7(6-12)10-9(13)11-5-3-4-8(11)2/h7-8,12H,3-6H2,1-2H3,(H,10,13)/t7-,8?/m0/s1. The van der Waals surface area contributed by atoms with E-state index in [0.29, 0.717) is 6.04 Å². The Kier molecular flexibility index (Phi) is 3.54. The second kappa shape index (κ2) is 4.46. The maximum Gasteiger partial charge on any atom is 0.317 e. The van der Waals surface area contributed by atoms with Gasteiger partial charge in [0.2, 0.25) is 0 Å². The van der Waals surface area contributed by atoms with Crippen LogP contribution in [0.3, 0.4) is 0 Å². The van der Waals surface area contributed by atoms with Gasteiger partial charge in [-0.2, -0.15) is 0 Å². The Morgan fingerprint density at radius 2 is 2.46 bits per heavy atom. The fraction of sp³-hybridized carbons (Fsp3) is 0.889. The average Bonchev–Trinajstić information content (AvgIpc) is 2.51. The van der Waals surface area contributed by atoms with E-state index in [1.54, 1.807) is 6.92 Å². The number of hydrogen-bond donors (Lipinski definition) is 2. The minimum Gasteiger partial charge on any atom is -0.394 e. The summed E-state index contributed by atoms with van der Waals surface area (Å²) in [5.74, 6) is 0. The van der Waals surface area contributed by atoms with Crippen molar-refractivity contribution in [2.24, 2.45) is 0 Å². The van der Waals surface area contributed by atoms with Crippen molar-refractivity contribution in [3.05, 3.63) is 0 Å². The molecule has 0 aromatic carbocycles. The second-order valence-corrected chi connectivity index (χ2v) is 3.72. The Labute approximate surface area is 78.9 Å². The molecule has 1 unspecified atom stereocenters. The number of aliphatic hydroxyl groups is 1. The van der Waals surface area contributed by atoms with Gasteiger partial charge in [0.25, 0.3) is 0 Å². The first-order chi connectivity index (χ1) is 6.15. The minimum atomic E-state index is -0.153. The van der Waals surface area contributed by atoms with E-state index in [-0.39, 0.29) is 18.7 Å². The number of hydrogen-bond acceptors (Lipinski definition) is 2. The van der Waals surface area contributed by atoms with Gasteiger partial charge in [-0.15, -0.1) is 0 Å². The summed E-state index contributed by atoms with van der Waals surface area (Å²) in [4.78, 5) is 13.4. The molecule has 0 spiro atoms. The first-order valence-electron chi connectivity index (χ1n) is 4.83. The van der Waals surface area contributed by atoms with Crippen molar-refractivity contribution in [1.82, 2.24) is 10.2 Å². The number of carbonyl (C=O) groups excluding carboxylic acids is 1. The number of aliphatic hydroxyl groups excluding tert-OH is 1. The highest BCUT2D eigenvalue weighted by atomic mass is 16.3. The predicted molar refractivity (Wildman–Crippen MR) is 50.5 cm³/mol. The molecular weight excluding hydrogens is 168 g/mol. The topological polar surface area (TPSA) is 52.6 Å². The van der Waals surface area contributed by atoms with Crippen LogP contribution in [0, 0.1) is 0 Å². The molecule has 1 fully saturated rings. The first kappa shape index (κ1) is 10.3. The quantitative estimate of drug-likeness (QED) is 0.662. The van der Waals surface area contributed by atoms with Crippen LogP contribution < -0.4 is 5.32 Å². The van der Waals surface area contributed by atoms with Gasteiger partial charge in [0.15, 0.2) is 0 Å². The summed E-state index contributed by atoms with van der Waals surface area (Å²) in [5.41, 5.74) is 0. The van der Waals surface area contributed by atoms with Gasteiger partial charge in [-0.3, -0.25) is 0 Å². The lowest BCUT2D eigenvalue weighted by Crippen LogP contribution is -2.46. The Hall–Kier alpha value is -0.770. The number of nitrogens with zero attached hydrogens (tertiary/aromatic N) is 1. The Morgan fingerprint density at radius 3 is 2.92 bits per heavy atom. The summed E-state index contributed by atoms with van der Waals surface area (Å²) >= 11 is 0. The van der Waals surface area contributed by atoms with E-state index in [1.807, 2.05) is 4.90 Å². The highest BCUT2D eigenvalue weighted by Crippen LogP contribution is 2.15. The van der Waals surface area contributed by atoms with Crippen LogP contribution >= 0.6 is 0 Å². The lowest BCUT2D eigenvalue weighted by molar-refractivity contribution is 0.182. The molecule has 1 aliphatic rings. The van der Waals surface area contributed by atoms with E-state index in [1.165, 1.54) is 0 Å². The van der Waals surface area contributed by atoms with Crippen LogP contribution in [-0.4, -0.2) is 41.3 Å². The molecule has 2 amide bonds. The summed E-state index contributed by atoms with van der Waals surface area (Å²) in [6, 6.07) is 0.137. The van der Waals surface area contributed by atoms with Crippen molar-refractivity contribution >= 4 is 6.03 Å². The molecule has 2 atom stereocenters. The summed E-state index contributed by atoms with van der Waals surface area (Å²) < 4.78 is 0. The van der Waals surface area contributed by atoms with Crippen LogP contribution in [0.1, 0.15) is 26.7 Å². The molecule has 1 rings (SSSR count). The number of amides is 2. The SMILES string of the molecule is CC1CCCN1C(=O)N[C@@H](C)CO. The molecule has 0 radical (unpaired) electrons. The van der Waals surface area contributed by atoms with Crippen LogP contribution in [0.15, 0.2) is 0 Å². The van der Waals surface area contributed by atoms with Gasteiger partial charge in [0, 0.05) is 12.6 Å². The van der Waals surface area contributed by atoms with Gasteiger partial charge in [-0.1, -0.05) is 0 Å². The second-order valence-electron chi connectivity index (χ2n) is 3.72. The molecule has 76 valence electrons. The Morgan fingerprint density at radius 1 is 1.77 bits per heavy atom. The van der Waals surface area contributed by atoms with Crippen molar-refractivity contribution in [3.63, 3.8) is 0 Å². The van der Waals surface area contributed by atoms with Gasteiger partial charge in [0.05, 0.1) is 12.6 Å². The fourth-order valence-electron chi connectivity index (χ4n) is 1.57. The molecule has 0 aliphatic carbocycles. The Bertz CT molecular complexity index is 184. The van der Waals surface area contributed by atoms with E-state index in [2.05, 4.69) is 12.2 Å². The highest BCUT2D eigenvalue weighted by Gasteiger charge is 2.25. The van der Waals surface area contributed by atoms with Gasteiger partial charge in [-0.05, 0) is 26.7 Å². The highest BCUT2D eigenvalue weighted by molar-refractivity contribution is 5.75. The monoisotopic (exact) mass is 186 g/mol. The number of urea groups is 1. The summed E-state index contributed by atoms with van der Waals surface area (Å²) in [6.07, 6.45) is 2.17. The molecule has 0 saturated carbocycles.